The molecular weight excluding hydrogens is 332 g/mol. The van der Waals surface area contributed by atoms with Crippen molar-refractivity contribution in [2.45, 2.75) is 68.9 Å². The second kappa shape index (κ2) is 8.04. The van der Waals surface area contributed by atoms with E-state index in [2.05, 4.69) is 39.1 Å². The van der Waals surface area contributed by atoms with E-state index in [4.69, 9.17) is 0 Å². The van der Waals surface area contributed by atoms with Crippen LogP contribution >= 0.6 is 11.8 Å². The molecule has 1 saturated carbocycles. The number of benzene rings is 1. The zero-order chi connectivity index (χ0) is 17.8. The van der Waals surface area contributed by atoms with Gasteiger partial charge < -0.3 is 9.88 Å². The number of hydrogen-bond donors (Lipinski definition) is 1. The van der Waals surface area contributed by atoms with Gasteiger partial charge in [-0.05, 0) is 38.7 Å². The first-order chi connectivity index (χ1) is 12.1. The molecule has 0 unspecified atom stereocenters. The second-order valence-corrected chi connectivity index (χ2v) is 7.96. The van der Waals surface area contributed by atoms with E-state index in [0.29, 0.717) is 6.04 Å². The Bertz CT molecular complexity index is 711. The molecule has 1 aromatic carbocycles. The molecule has 0 radical (unpaired) electrons. The number of rotatable bonds is 8. The zero-order valence-corrected chi connectivity index (χ0v) is 15.9. The normalized spacial score (nSPS) is 16.4. The molecule has 1 aliphatic rings. The largest absolute Gasteiger partial charge is 0.348 e. The lowest BCUT2D eigenvalue weighted by molar-refractivity contribution is -0.121. The molecular formula is C19H26N4OS. The summed E-state index contributed by atoms with van der Waals surface area (Å²) in [4.78, 5) is 12.7. The lowest BCUT2D eigenvalue weighted by atomic mass is 10.0. The van der Waals surface area contributed by atoms with E-state index < -0.39 is 0 Å². The molecule has 5 nitrogen and oxygen atoms in total. The highest BCUT2D eigenvalue weighted by molar-refractivity contribution is 8.00. The van der Waals surface area contributed by atoms with Gasteiger partial charge in [0, 0.05) is 6.04 Å². The van der Waals surface area contributed by atoms with Crippen LogP contribution in [-0.4, -0.2) is 25.9 Å². The number of aryl methyl sites for hydroxylation is 1. The summed E-state index contributed by atoms with van der Waals surface area (Å²) in [7, 11) is 0. The van der Waals surface area contributed by atoms with Gasteiger partial charge in [0.1, 0.15) is 5.82 Å². The van der Waals surface area contributed by atoms with E-state index in [1.807, 2.05) is 32.0 Å². The number of nitrogens with zero attached hydrogens (tertiary/aromatic N) is 3. The van der Waals surface area contributed by atoms with Crippen molar-refractivity contribution in [2.75, 3.05) is 0 Å². The molecule has 25 heavy (non-hydrogen) atoms. The van der Waals surface area contributed by atoms with Crippen LogP contribution in [0.25, 0.3) is 0 Å². The molecule has 134 valence electrons. The third-order valence-electron chi connectivity index (χ3n) is 4.49. The fraction of sp³-hybridized carbons (Fsp3) is 0.526. The minimum atomic E-state index is -0.204. The molecule has 1 fully saturated rings. The molecule has 1 amide bonds. The number of carbonyl (C=O) groups is 1. The Morgan fingerprint density at radius 1 is 1.32 bits per heavy atom. The van der Waals surface area contributed by atoms with E-state index in [1.54, 1.807) is 0 Å². The predicted octanol–water partition coefficient (Wildman–Crippen LogP) is 4.06. The number of amides is 1. The van der Waals surface area contributed by atoms with Crippen LogP contribution in [0.5, 0.6) is 0 Å². The first kappa shape index (κ1) is 18.0. The fourth-order valence-corrected chi connectivity index (χ4v) is 3.95. The minimum Gasteiger partial charge on any atom is -0.348 e. The van der Waals surface area contributed by atoms with Crippen molar-refractivity contribution in [1.29, 1.82) is 0 Å². The maximum Gasteiger partial charge on any atom is 0.233 e. The van der Waals surface area contributed by atoms with Crippen LogP contribution in [0.15, 0.2) is 35.5 Å². The highest BCUT2D eigenvalue weighted by atomic mass is 32.2. The topological polar surface area (TPSA) is 59.8 Å². The Kier molecular flexibility index (Phi) is 5.78. The molecule has 0 saturated heterocycles. The number of thioether (sulfide) groups is 1. The van der Waals surface area contributed by atoms with E-state index in [-0.39, 0.29) is 17.2 Å². The molecule has 0 bridgehead atoms. The van der Waals surface area contributed by atoms with Crippen LogP contribution in [0.3, 0.4) is 0 Å². The third-order valence-corrected chi connectivity index (χ3v) is 5.55. The van der Waals surface area contributed by atoms with Crippen LogP contribution < -0.4 is 5.32 Å². The van der Waals surface area contributed by atoms with Gasteiger partial charge in [0.15, 0.2) is 5.16 Å². The molecule has 1 N–H and O–H groups in total. The van der Waals surface area contributed by atoms with Gasteiger partial charge in [-0.15, -0.1) is 10.2 Å². The van der Waals surface area contributed by atoms with Gasteiger partial charge in [-0.25, -0.2) is 0 Å². The van der Waals surface area contributed by atoms with Gasteiger partial charge in [-0.2, -0.15) is 0 Å². The van der Waals surface area contributed by atoms with Crippen molar-refractivity contribution in [2.24, 2.45) is 0 Å². The van der Waals surface area contributed by atoms with Gasteiger partial charge in [0.25, 0.3) is 0 Å². The molecule has 1 aliphatic carbocycles. The molecule has 1 heterocycles. The Morgan fingerprint density at radius 2 is 2.04 bits per heavy atom. The van der Waals surface area contributed by atoms with Crippen LogP contribution in [0.4, 0.5) is 0 Å². The smallest absolute Gasteiger partial charge is 0.233 e. The maximum atomic E-state index is 12.7. The van der Waals surface area contributed by atoms with E-state index in [0.717, 1.165) is 29.4 Å². The van der Waals surface area contributed by atoms with Crippen molar-refractivity contribution in [3.8, 4) is 0 Å². The monoisotopic (exact) mass is 358 g/mol. The zero-order valence-electron chi connectivity index (χ0n) is 15.1. The first-order valence-corrected chi connectivity index (χ1v) is 9.91. The standard InChI is InChI=1S/C19H26N4OS/c1-4-8-17(15-9-6-5-7-10-15)20-18(24)13(2)25-19-22-21-14(3)23(19)16-11-12-16/h5-7,9-10,13,16-17H,4,8,11-12H2,1-3H3,(H,20,24)/t13-,17+/m1/s1. The van der Waals surface area contributed by atoms with Crippen LogP contribution in [-0.2, 0) is 4.79 Å². The molecule has 6 heteroatoms. The summed E-state index contributed by atoms with van der Waals surface area (Å²) in [5, 5.41) is 12.3. The number of hydrogen-bond acceptors (Lipinski definition) is 4. The summed E-state index contributed by atoms with van der Waals surface area (Å²) in [6.07, 6.45) is 4.32. The summed E-state index contributed by atoms with van der Waals surface area (Å²) in [6.45, 7) is 6.06. The average Bonchev–Trinajstić information content (AvgIpc) is 3.39. The van der Waals surface area contributed by atoms with Gasteiger partial charge in [0.2, 0.25) is 5.91 Å². The lowest BCUT2D eigenvalue weighted by Gasteiger charge is -2.21. The SMILES string of the molecule is CCC[C@H](NC(=O)[C@@H](C)Sc1nnc(C)n1C1CC1)c1ccccc1. The third kappa shape index (κ3) is 4.42. The van der Waals surface area contributed by atoms with Crippen molar-refractivity contribution >= 4 is 17.7 Å². The van der Waals surface area contributed by atoms with Crippen molar-refractivity contribution in [3.63, 3.8) is 0 Å². The quantitative estimate of drug-likeness (QED) is 0.723. The summed E-state index contributed by atoms with van der Waals surface area (Å²) >= 11 is 1.50. The average molecular weight is 359 g/mol. The fourth-order valence-electron chi connectivity index (χ4n) is 2.98. The van der Waals surface area contributed by atoms with Crippen molar-refractivity contribution in [3.05, 3.63) is 41.7 Å². The Hall–Kier alpha value is -1.82. The molecule has 0 aliphatic heterocycles. The highest BCUT2D eigenvalue weighted by Crippen LogP contribution is 2.39. The Morgan fingerprint density at radius 3 is 2.68 bits per heavy atom. The van der Waals surface area contributed by atoms with Crippen LogP contribution in [0, 0.1) is 6.92 Å². The maximum absolute atomic E-state index is 12.7. The Labute approximate surface area is 153 Å². The van der Waals surface area contributed by atoms with E-state index in [1.165, 1.54) is 24.6 Å². The van der Waals surface area contributed by atoms with E-state index in [9.17, 15) is 4.79 Å². The predicted molar refractivity (Wildman–Crippen MR) is 101 cm³/mol. The van der Waals surface area contributed by atoms with Gasteiger partial charge in [0.05, 0.1) is 11.3 Å². The summed E-state index contributed by atoms with van der Waals surface area (Å²) in [5.74, 6) is 0.987. The summed E-state index contributed by atoms with van der Waals surface area (Å²) < 4.78 is 2.18. The van der Waals surface area contributed by atoms with Crippen LogP contribution in [0.2, 0.25) is 0 Å². The van der Waals surface area contributed by atoms with Gasteiger partial charge >= 0.3 is 0 Å². The number of carbonyl (C=O) groups excluding carboxylic acids is 1. The second-order valence-electron chi connectivity index (χ2n) is 6.65. The molecule has 2 atom stereocenters. The number of nitrogens with one attached hydrogen (secondary N) is 1. The van der Waals surface area contributed by atoms with Crippen LogP contribution in [0.1, 0.15) is 63.0 Å². The van der Waals surface area contributed by atoms with Crippen molar-refractivity contribution < 1.29 is 4.79 Å². The summed E-state index contributed by atoms with van der Waals surface area (Å²) in [6, 6.07) is 10.8. The van der Waals surface area contributed by atoms with Crippen molar-refractivity contribution in [1.82, 2.24) is 20.1 Å². The molecule has 0 spiro atoms. The van der Waals surface area contributed by atoms with Gasteiger partial charge in [-0.3, -0.25) is 4.79 Å². The lowest BCUT2D eigenvalue weighted by Crippen LogP contribution is -2.34. The van der Waals surface area contributed by atoms with E-state index >= 15 is 0 Å². The molecule has 1 aromatic heterocycles. The van der Waals surface area contributed by atoms with Gasteiger partial charge in [-0.1, -0.05) is 55.4 Å². The molecule has 3 rings (SSSR count). The Balaban J connectivity index is 1.65. The molecule has 2 aromatic rings. The highest BCUT2D eigenvalue weighted by Gasteiger charge is 2.30. The number of aromatic nitrogens is 3. The first-order valence-electron chi connectivity index (χ1n) is 9.03. The minimum absolute atomic E-state index is 0.0512. The summed E-state index contributed by atoms with van der Waals surface area (Å²) in [5.41, 5.74) is 1.16.